The number of nitrogens with zero attached hydrogens (tertiary/aromatic N) is 4. The van der Waals surface area contributed by atoms with Gasteiger partial charge in [-0.25, -0.2) is 9.18 Å². The Kier molecular flexibility index (Phi) is 7.59. The van der Waals surface area contributed by atoms with Gasteiger partial charge in [0.15, 0.2) is 0 Å². The van der Waals surface area contributed by atoms with Gasteiger partial charge in [-0.15, -0.1) is 0 Å². The fourth-order valence-electron chi connectivity index (χ4n) is 4.77. The first-order valence-electron chi connectivity index (χ1n) is 12.8. The second kappa shape index (κ2) is 11.2. The zero-order chi connectivity index (χ0) is 26.6. The molecule has 5 rings (SSSR count). The molecule has 0 spiro atoms. The summed E-state index contributed by atoms with van der Waals surface area (Å²) in [5.41, 5.74) is 2.10. The normalized spacial score (nSPS) is 18.4. The third kappa shape index (κ3) is 5.96. The van der Waals surface area contributed by atoms with Crippen LogP contribution in [0.3, 0.4) is 0 Å². The smallest absolute Gasteiger partial charge is 0.342 e. The number of hydrogen-bond acceptors (Lipinski definition) is 6. The van der Waals surface area contributed by atoms with Gasteiger partial charge in [0.05, 0.1) is 18.5 Å². The van der Waals surface area contributed by atoms with Crippen molar-refractivity contribution in [3.05, 3.63) is 71.8 Å². The number of benzene rings is 2. The molecule has 1 N–H and O–H groups in total. The highest BCUT2D eigenvalue weighted by Gasteiger charge is 2.31. The highest BCUT2D eigenvalue weighted by molar-refractivity contribution is 6.00. The molecular weight excluding hydrogens is 489 g/mol. The molecule has 2 aliphatic rings. The molecule has 10 heteroatoms. The first kappa shape index (κ1) is 25.7. The number of carbonyl (C=O) groups is 2. The van der Waals surface area contributed by atoms with Gasteiger partial charge in [0.25, 0.3) is 5.91 Å². The van der Waals surface area contributed by atoms with Gasteiger partial charge < -0.3 is 24.6 Å². The van der Waals surface area contributed by atoms with E-state index in [1.165, 1.54) is 17.0 Å². The van der Waals surface area contributed by atoms with Gasteiger partial charge in [0.2, 0.25) is 0 Å². The molecule has 0 aliphatic carbocycles. The zero-order valence-electron chi connectivity index (χ0n) is 21.6. The van der Waals surface area contributed by atoms with Crippen LogP contribution in [0.15, 0.2) is 54.9 Å². The van der Waals surface area contributed by atoms with E-state index in [9.17, 15) is 14.0 Å². The predicted molar refractivity (Wildman–Crippen MR) is 140 cm³/mol. The molecule has 200 valence electrons. The molecule has 38 heavy (non-hydrogen) atoms. The number of amides is 2. The number of ether oxygens (including phenoxy) is 2. The molecule has 0 radical (unpaired) electrons. The van der Waals surface area contributed by atoms with Crippen molar-refractivity contribution in [3.63, 3.8) is 0 Å². The molecule has 3 aromatic rings. The number of likely N-dealkylation sites (N-methyl/N-ethyl adjacent to an activating group) is 1. The number of rotatable bonds is 6. The van der Waals surface area contributed by atoms with Gasteiger partial charge in [0.1, 0.15) is 30.0 Å². The highest BCUT2D eigenvalue weighted by atomic mass is 19.1. The molecular formula is C28H32FN5O4. The lowest BCUT2D eigenvalue weighted by atomic mass is 9.98. The highest BCUT2D eigenvalue weighted by Crippen LogP contribution is 2.34. The van der Waals surface area contributed by atoms with E-state index in [1.807, 2.05) is 6.07 Å². The number of piperidine rings is 1. The molecule has 1 aromatic heterocycles. The predicted octanol–water partition coefficient (Wildman–Crippen LogP) is 3.32. The maximum Gasteiger partial charge on any atom is 0.342 e. The van der Waals surface area contributed by atoms with Crippen LogP contribution < -0.4 is 19.7 Å². The number of hydrogen-bond donors (Lipinski definition) is 1. The lowest BCUT2D eigenvalue weighted by molar-refractivity contribution is -0.120. The number of halogens is 1. The number of carbonyl (C=O) groups excluding carboxylic acids is 2. The molecule has 1 fully saturated rings. The Morgan fingerprint density at radius 3 is 2.76 bits per heavy atom. The van der Waals surface area contributed by atoms with Crippen LogP contribution in [0.5, 0.6) is 11.5 Å². The molecule has 0 bridgehead atoms. The van der Waals surface area contributed by atoms with Crippen LogP contribution in [-0.2, 0) is 11.2 Å². The summed E-state index contributed by atoms with van der Waals surface area (Å²) >= 11 is 0. The Hall–Kier alpha value is -3.92. The minimum absolute atomic E-state index is 0.0187. The van der Waals surface area contributed by atoms with E-state index in [2.05, 4.69) is 22.4 Å². The van der Waals surface area contributed by atoms with E-state index in [0.717, 1.165) is 41.7 Å². The Balaban J connectivity index is 1.20. The number of anilines is 1. The standard InChI is InChI=1S/C28H32FN5O4/c1-32-10-8-19(9-11-32)17-37-23-6-7-26-25(14-23)33(2)27(35)24(18-38-26)31-28(36)34-16-21(15-30-34)12-20-4-3-5-22(29)13-20/h3-7,13-16,19,24H,8-12,17-18H2,1-2H3,(H,31,36)/t24-/m0/s1. The topological polar surface area (TPSA) is 88.9 Å². The lowest BCUT2D eigenvalue weighted by Crippen LogP contribution is -2.50. The lowest BCUT2D eigenvalue weighted by Gasteiger charge is -2.28. The monoisotopic (exact) mass is 521 g/mol. The molecule has 3 heterocycles. The largest absolute Gasteiger partial charge is 0.493 e. The van der Waals surface area contributed by atoms with Crippen LogP contribution in [-0.4, -0.2) is 73.1 Å². The van der Waals surface area contributed by atoms with Gasteiger partial charge in [-0.05, 0) is 74.3 Å². The average molecular weight is 522 g/mol. The summed E-state index contributed by atoms with van der Waals surface area (Å²) in [5.74, 6) is 1.10. The average Bonchev–Trinajstić information content (AvgIpc) is 3.34. The maximum atomic E-state index is 13.5. The first-order chi connectivity index (χ1) is 18.4. The molecule has 9 nitrogen and oxygen atoms in total. The molecule has 0 unspecified atom stereocenters. The van der Waals surface area contributed by atoms with Crippen LogP contribution in [0.1, 0.15) is 24.0 Å². The quantitative estimate of drug-likeness (QED) is 0.536. The van der Waals surface area contributed by atoms with E-state index in [4.69, 9.17) is 9.47 Å². The van der Waals surface area contributed by atoms with E-state index >= 15 is 0 Å². The van der Waals surface area contributed by atoms with Gasteiger partial charge in [-0.2, -0.15) is 9.78 Å². The Bertz CT molecular complexity index is 1300. The third-order valence-electron chi connectivity index (χ3n) is 7.09. The van der Waals surface area contributed by atoms with Crippen LogP contribution in [0.4, 0.5) is 14.9 Å². The zero-order valence-corrected chi connectivity index (χ0v) is 21.6. The molecule has 2 aliphatic heterocycles. The first-order valence-corrected chi connectivity index (χ1v) is 12.8. The summed E-state index contributed by atoms with van der Waals surface area (Å²) in [5, 5.41) is 6.82. The van der Waals surface area contributed by atoms with Crippen molar-refractivity contribution in [2.45, 2.75) is 25.3 Å². The van der Waals surface area contributed by atoms with Gasteiger partial charge >= 0.3 is 6.03 Å². The SMILES string of the molecule is CN1CCC(COc2ccc3c(c2)N(C)C(=O)[C@@H](NC(=O)n2cc(Cc4cccc(F)c4)cn2)CO3)CC1. The van der Waals surface area contributed by atoms with Crippen molar-refractivity contribution in [1.82, 2.24) is 20.0 Å². The van der Waals surface area contributed by atoms with Gasteiger partial charge in [-0.1, -0.05) is 12.1 Å². The molecule has 0 saturated carbocycles. The van der Waals surface area contributed by atoms with E-state index < -0.39 is 12.1 Å². The number of aromatic nitrogens is 2. The summed E-state index contributed by atoms with van der Waals surface area (Å²) < 4.78 is 26.6. The fourth-order valence-corrected chi connectivity index (χ4v) is 4.77. The van der Waals surface area contributed by atoms with Crippen LogP contribution in [0.2, 0.25) is 0 Å². The van der Waals surface area contributed by atoms with Crippen molar-refractivity contribution in [1.29, 1.82) is 0 Å². The number of likely N-dealkylation sites (tertiary alicyclic amines) is 1. The van der Waals surface area contributed by atoms with E-state index in [1.54, 1.807) is 43.7 Å². The third-order valence-corrected chi connectivity index (χ3v) is 7.09. The van der Waals surface area contributed by atoms with Crippen molar-refractivity contribution in [2.75, 3.05) is 45.3 Å². The van der Waals surface area contributed by atoms with Crippen molar-refractivity contribution < 1.29 is 23.5 Å². The number of nitrogens with one attached hydrogen (secondary N) is 1. The summed E-state index contributed by atoms with van der Waals surface area (Å²) in [6.07, 6.45) is 5.75. The number of fused-ring (bicyclic) bond motifs is 1. The summed E-state index contributed by atoms with van der Waals surface area (Å²) in [4.78, 5) is 29.9. The van der Waals surface area contributed by atoms with Gasteiger partial charge in [-0.3, -0.25) is 4.79 Å². The van der Waals surface area contributed by atoms with Crippen molar-refractivity contribution >= 4 is 17.6 Å². The maximum absolute atomic E-state index is 13.5. The molecule has 1 saturated heterocycles. The molecule has 2 amide bonds. The van der Waals surface area contributed by atoms with E-state index in [0.29, 0.717) is 36.1 Å². The van der Waals surface area contributed by atoms with Crippen LogP contribution in [0.25, 0.3) is 0 Å². The Labute approximate surface area is 221 Å². The molecule has 2 aromatic carbocycles. The summed E-state index contributed by atoms with van der Waals surface area (Å²) in [6, 6.07) is 10.2. The Morgan fingerprint density at radius 2 is 1.97 bits per heavy atom. The van der Waals surface area contributed by atoms with Crippen molar-refractivity contribution in [3.8, 4) is 11.5 Å². The second-order valence-electron chi connectivity index (χ2n) is 10.00. The van der Waals surface area contributed by atoms with Crippen LogP contribution in [0, 0.1) is 11.7 Å². The minimum atomic E-state index is -0.903. The minimum Gasteiger partial charge on any atom is -0.493 e. The molecule has 1 atom stereocenters. The fraction of sp³-hybridized carbons (Fsp3) is 0.393. The second-order valence-corrected chi connectivity index (χ2v) is 10.00. The van der Waals surface area contributed by atoms with Crippen molar-refractivity contribution in [2.24, 2.45) is 5.92 Å². The van der Waals surface area contributed by atoms with Crippen LogP contribution >= 0.6 is 0 Å². The summed E-state index contributed by atoms with van der Waals surface area (Å²) in [7, 11) is 3.79. The van der Waals surface area contributed by atoms with Gasteiger partial charge in [0, 0.05) is 25.7 Å². The van der Waals surface area contributed by atoms with E-state index in [-0.39, 0.29) is 18.3 Å². The Morgan fingerprint density at radius 1 is 1.16 bits per heavy atom. The summed E-state index contributed by atoms with van der Waals surface area (Å²) in [6.45, 7) is 2.76.